The van der Waals surface area contributed by atoms with Crippen LogP contribution in [-0.4, -0.2) is 8.42 Å². The fourth-order valence-electron chi connectivity index (χ4n) is 1.90. The Morgan fingerprint density at radius 2 is 1.75 bits per heavy atom. The average molecular weight is 290 g/mol. The van der Waals surface area contributed by atoms with Crippen molar-refractivity contribution in [1.82, 2.24) is 4.72 Å². The van der Waals surface area contributed by atoms with Crippen LogP contribution >= 0.6 is 0 Å². The van der Waals surface area contributed by atoms with Crippen molar-refractivity contribution in [3.05, 3.63) is 59.7 Å². The van der Waals surface area contributed by atoms with Crippen LogP contribution in [0.25, 0.3) is 0 Å². The van der Waals surface area contributed by atoms with E-state index in [0.717, 1.165) is 11.1 Å². The number of nitrogens with two attached hydrogens (primary N) is 1. The predicted molar refractivity (Wildman–Crippen MR) is 80.8 cm³/mol. The second-order valence-corrected chi connectivity index (χ2v) is 6.49. The lowest BCUT2D eigenvalue weighted by Crippen LogP contribution is -2.27. The monoisotopic (exact) mass is 290 g/mol. The van der Waals surface area contributed by atoms with E-state index in [1.165, 1.54) is 6.07 Å². The molecule has 4 nitrogen and oxygen atoms in total. The van der Waals surface area contributed by atoms with E-state index in [1.807, 2.05) is 44.2 Å². The van der Waals surface area contributed by atoms with Crippen LogP contribution in [0.15, 0.2) is 53.4 Å². The molecule has 2 aromatic rings. The lowest BCUT2D eigenvalue weighted by Gasteiger charge is -2.15. The molecule has 2 aromatic carbocycles. The molecule has 0 spiro atoms. The minimum atomic E-state index is -3.58. The molecule has 0 bridgehead atoms. The van der Waals surface area contributed by atoms with Gasteiger partial charge in [-0.25, -0.2) is 13.1 Å². The Bertz CT molecular complexity index is 697. The molecule has 0 aromatic heterocycles. The zero-order valence-electron chi connectivity index (χ0n) is 11.5. The topological polar surface area (TPSA) is 72.2 Å². The summed E-state index contributed by atoms with van der Waals surface area (Å²) in [5.41, 5.74) is 8.01. The first-order valence-corrected chi connectivity index (χ1v) is 7.82. The van der Waals surface area contributed by atoms with Crippen LogP contribution in [0.1, 0.15) is 24.1 Å². The average Bonchev–Trinajstić information content (AvgIpc) is 2.42. The van der Waals surface area contributed by atoms with Gasteiger partial charge in [-0.1, -0.05) is 36.4 Å². The molecule has 20 heavy (non-hydrogen) atoms. The Morgan fingerprint density at radius 1 is 1.10 bits per heavy atom. The predicted octanol–water partition coefficient (Wildman–Crippen LogP) is 2.62. The summed E-state index contributed by atoms with van der Waals surface area (Å²) < 4.78 is 27.3. The van der Waals surface area contributed by atoms with E-state index in [4.69, 9.17) is 5.73 Å². The summed E-state index contributed by atoms with van der Waals surface area (Å²) in [6.07, 6.45) is 0. The van der Waals surface area contributed by atoms with Gasteiger partial charge in [0.1, 0.15) is 0 Å². The van der Waals surface area contributed by atoms with Gasteiger partial charge in [-0.3, -0.25) is 0 Å². The van der Waals surface area contributed by atoms with Gasteiger partial charge in [-0.2, -0.15) is 0 Å². The Hall–Kier alpha value is -1.85. The second-order valence-electron chi connectivity index (χ2n) is 4.77. The molecule has 0 aliphatic rings. The van der Waals surface area contributed by atoms with Crippen LogP contribution in [0, 0.1) is 6.92 Å². The number of rotatable bonds is 4. The summed E-state index contributed by atoms with van der Waals surface area (Å²) in [6.45, 7) is 3.65. The third-order valence-corrected chi connectivity index (χ3v) is 4.73. The Balaban J connectivity index is 2.25. The van der Waals surface area contributed by atoms with E-state index in [1.54, 1.807) is 12.1 Å². The summed E-state index contributed by atoms with van der Waals surface area (Å²) in [6, 6.07) is 13.9. The van der Waals surface area contributed by atoms with Gasteiger partial charge in [0.25, 0.3) is 0 Å². The molecular formula is C15H18N2O2S. The number of sulfonamides is 1. The molecule has 0 fully saturated rings. The number of nitrogens with one attached hydrogen (secondary N) is 1. The van der Waals surface area contributed by atoms with Crippen molar-refractivity contribution in [3.63, 3.8) is 0 Å². The third-order valence-electron chi connectivity index (χ3n) is 3.19. The Morgan fingerprint density at radius 3 is 2.35 bits per heavy atom. The summed E-state index contributed by atoms with van der Waals surface area (Å²) in [5.74, 6) is 0. The van der Waals surface area contributed by atoms with Crippen LogP contribution in [0.3, 0.4) is 0 Å². The van der Waals surface area contributed by atoms with Gasteiger partial charge in [0.2, 0.25) is 10.0 Å². The number of benzene rings is 2. The number of hydrogen-bond donors (Lipinski definition) is 2. The smallest absolute Gasteiger partial charge is 0.241 e. The molecule has 0 heterocycles. The van der Waals surface area contributed by atoms with Gasteiger partial charge in [0.15, 0.2) is 0 Å². The largest absolute Gasteiger partial charge is 0.398 e. The molecule has 0 aliphatic heterocycles. The highest BCUT2D eigenvalue weighted by Crippen LogP contribution is 2.20. The second kappa shape index (κ2) is 5.64. The first kappa shape index (κ1) is 14.6. The van der Waals surface area contributed by atoms with Gasteiger partial charge in [-0.15, -0.1) is 0 Å². The number of nitrogen functional groups attached to an aromatic ring is 1. The van der Waals surface area contributed by atoms with Crippen molar-refractivity contribution in [3.8, 4) is 0 Å². The quantitative estimate of drug-likeness (QED) is 0.850. The van der Waals surface area contributed by atoms with Crippen LogP contribution in [0.2, 0.25) is 0 Å². The van der Waals surface area contributed by atoms with Crippen molar-refractivity contribution in [2.24, 2.45) is 0 Å². The molecule has 0 saturated carbocycles. The van der Waals surface area contributed by atoms with Crippen LogP contribution in [0.5, 0.6) is 0 Å². The molecule has 3 N–H and O–H groups in total. The van der Waals surface area contributed by atoms with Gasteiger partial charge in [0.05, 0.1) is 4.90 Å². The summed E-state index contributed by atoms with van der Waals surface area (Å²) in [5, 5.41) is 0. The summed E-state index contributed by atoms with van der Waals surface area (Å²) >= 11 is 0. The zero-order valence-corrected chi connectivity index (χ0v) is 12.3. The molecule has 106 valence electrons. The highest BCUT2D eigenvalue weighted by Gasteiger charge is 2.18. The Labute approximate surface area is 119 Å². The minimum absolute atomic E-state index is 0.184. The van der Waals surface area contributed by atoms with E-state index >= 15 is 0 Å². The molecule has 2 rings (SSSR count). The number of hydrogen-bond acceptors (Lipinski definition) is 3. The third kappa shape index (κ3) is 3.18. The standard InChI is InChI=1S/C15H18N2O2S/c1-11-8-9-14(10-15(11)16)20(18,19)17-12(2)13-6-4-3-5-7-13/h3-10,12,17H,16H2,1-2H3/t12-/m1/s1. The van der Waals surface area contributed by atoms with Gasteiger partial charge >= 0.3 is 0 Å². The molecule has 0 unspecified atom stereocenters. The van der Waals surface area contributed by atoms with Crippen LogP contribution in [-0.2, 0) is 10.0 Å². The fraction of sp³-hybridized carbons (Fsp3) is 0.200. The van der Waals surface area contributed by atoms with Crippen LogP contribution in [0.4, 0.5) is 5.69 Å². The fourth-order valence-corrected chi connectivity index (χ4v) is 3.16. The van der Waals surface area contributed by atoms with Gasteiger partial charge in [0, 0.05) is 11.7 Å². The van der Waals surface area contributed by atoms with Crippen molar-refractivity contribution >= 4 is 15.7 Å². The number of anilines is 1. The highest BCUT2D eigenvalue weighted by molar-refractivity contribution is 7.89. The van der Waals surface area contributed by atoms with Crippen molar-refractivity contribution in [2.45, 2.75) is 24.8 Å². The van der Waals surface area contributed by atoms with E-state index in [2.05, 4.69) is 4.72 Å². The van der Waals surface area contributed by atoms with Crippen molar-refractivity contribution in [2.75, 3.05) is 5.73 Å². The highest BCUT2D eigenvalue weighted by atomic mass is 32.2. The normalized spacial score (nSPS) is 13.1. The molecular weight excluding hydrogens is 272 g/mol. The number of aryl methyl sites for hydroxylation is 1. The van der Waals surface area contributed by atoms with Gasteiger partial charge < -0.3 is 5.73 Å². The molecule has 0 radical (unpaired) electrons. The maximum absolute atomic E-state index is 12.3. The molecule has 0 saturated heterocycles. The maximum atomic E-state index is 12.3. The molecule has 1 atom stereocenters. The molecule has 0 aliphatic carbocycles. The molecule has 5 heteroatoms. The minimum Gasteiger partial charge on any atom is -0.398 e. The van der Waals surface area contributed by atoms with Crippen LogP contribution < -0.4 is 10.5 Å². The van der Waals surface area contributed by atoms with Crippen molar-refractivity contribution in [1.29, 1.82) is 0 Å². The first-order chi connectivity index (χ1) is 9.40. The molecule has 0 amide bonds. The summed E-state index contributed by atoms with van der Waals surface area (Å²) in [7, 11) is -3.58. The Kier molecular flexibility index (Phi) is 4.11. The van der Waals surface area contributed by atoms with E-state index in [9.17, 15) is 8.42 Å². The zero-order chi connectivity index (χ0) is 14.8. The lowest BCUT2D eigenvalue weighted by molar-refractivity contribution is 0.567. The van der Waals surface area contributed by atoms with E-state index in [0.29, 0.717) is 5.69 Å². The first-order valence-electron chi connectivity index (χ1n) is 6.33. The lowest BCUT2D eigenvalue weighted by atomic mass is 10.1. The van der Waals surface area contributed by atoms with Crippen molar-refractivity contribution < 1.29 is 8.42 Å². The maximum Gasteiger partial charge on any atom is 0.241 e. The SMILES string of the molecule is Cc1ccc(S(=O)(=O)N[C@H](C)c2ccccc2)cc1N. The van der Waals surface area contributed by atoms with E-state index in [-0.39, 0.29) is 10.9 Å². The van der Waals surface area contributed by atoms with Gasteiger partial charge in [-0.05, 0) is 37.1 Å². The van der Waals surface area contributed by atoms with E-state index < -0.39 is 10.0 Å². The summed E-state index contributed by atoms with van der Waals surface area (Å²) in [4.78, 5) is 0.184.